The molecule has 3 heterocycles. The lowest BCUT2D eigenvalue weighted by molar-refractivity contribution is -0.0511. The Bertz CT molecular complexity index is 703. The summed E-state index contributed by atoms with van der Waals surface area (Å²) in [6, 6.07) is 0. The van der Waals surface area contributed by atoms with Crippen molar-refractivity contribution < 1.29 is 25.5 Å². The minimum atomic E-state index is -1.21. The highest BCUT2D eigenvalue weighted by molar-refractivity contribution is 7.71. The van der Waals surface area contributed by atoms with Gasteiger partial charge in [-0.15, -0.1) is 0 Å². The maximum atomic E-state index is 10.0. The number of imidazole rings is 1. The van der Waals surface area contributed by atoms with E-state index in [1.165, 1.54) is 10.9 Å². The molecule has 21 heavy (non-hydrogen) atoms. The summed E-state index contributed by atoms with van der Waals surface area (Å²) in [7, 11) is 0. The summed E-state index contributed by atoms with van der Waals surface area (Å²) in [6.07, 6.45) is -2.77. The van der Waals surface area contributed by atoms with Gasteiger partial charge in [0.2, 0.25) is 0 Å². The second-order valence-corrected chi connectivity index (χ2v) is 4.89. The minimum absolute atomic E-state index is 0. The van der Waals surface area contributed by atoms with Crippen molar-refractivity contribution in [3.63, 3.8) is 0 Å². The summed E-state index contributed by atoms with van der Waals surface area (Å²) in [5, 5.41) is 28.9. The summed E-state index contributed by atoms with van der Waals surface area (Å²) in [5.74, 6) is 0.107. The third-order valence-corrected chi connectivity index (χ3v) is 3.54. The summed E-state index contributed by atoms with van der Waals surface area (Å²) < 4.78 is 7.11. The van der Waals surface area contributed by atoms with Gasteiger partial charge in [-0.1, -0.05) is 12.2 Å². The number of hydrogen-bond acceptors (Lipinski definition) is 8. The van der Waals surface area contributed by atoms with Crippen LogP contribution in [0.3, 0.4) is 0 Å². The van der Waals surface area contributed by atoms with Crippen LogP contribution in [0.25, 0.3) is 11.2 Å². The van der Waals surface area contributed by atoms with Crippen molar-refractivity contribution in [3.05, 3.63) is 11.0 Å². The zero-order valence-electron chi connectivity index (χ0n) is 10.7. The van der Waals surface area contributed by atoms with E-state index in [2.05, 4.69) is 15.0 Å². The summed E-state index contributed by atoms with van der Waals surface area (Å²) >= 11 is 5.05. The fraction of sp³-hybridized carbons (Fsp3) is 0.500. The molecule has 0 spiro atoms. The normalized spacial score (nSPS) is 28.7. The standard InChI is InChI=1S/C10H13N5O4S.H2O/c11-10-13-7-4(8(20)14-10)12-2-15(7)9-6(18)5(17)3(1-16)19-9;/h2-3,5-6,9,16-18H,1H2,(H3,11,13,14,20);1H2. The monoisotopic (exact) mass is 317 g/mol. The molecule has 1 aliphatic rings. The van der Waals surface area contributed by atoms with Gasteiger partial charge in [-0.3, -0.25) is 4.57 Å². The van der Waals surface area contributed by atoms with Crippen molar-refractivity contribution in [2.24, 2.45) is 0 Å². The first-order valence-corrected chi connectivity index (χ1v) is 6.28. The first-order valence-electron chi connectivity index (χ1n) is 5.87. The third-order valence-electron chi connectivity index (χ3n) is 3.26. The summed E-state index contributed by atoms with van der Waals surface area (Å²) in [4.78, 5) is 10.8. The van der Waals surface area contributed by atoms with Crippen molar-refractivity contribution in [2.75, 3.05) is 12.3 Å². The van der Waals surface area contributed by atoms with E-state index in [0.717, 1.165) is 0 Å². The second-order valence-electron chi connectivity index (χ2n) is 4.51. The van der Waals surface area contributed by atoms with Crippen LogP contribution < -0.4 is 5.73 Å². The van der Waals surface area contributed by atoms with Crippen LogP contribution >= 0.6 is 12.2 Å². The first kappa shape index (κ1) is 15.8. The van der Waals surface area contributed by atoms with Gasteiger partial charge < -0.3 is 36.3 Å². The number of fused-ring (bicyclic) bond motifs is 1. The number of aromatic amines is 1. The molecule has 116 valence electrons. The molecule has 10 nitrogen and oxygen atoms in total. The Balaban J connectivity index is 0.00000161. The van der Waals surface area contributed by atoms with Gasteiger partial charge in [0.05, 0.1) is 12.9 Å². The lowest BCUT2D eigenvalue weighted by atomic mass is 10.1. The Kier molecular flexibility index (Phi) is 4.22. The van der Waals surface area contributed by atoms with Gasteiger partial charge in [0.1, 0.15) is 29.5 Å². The molecule has 2 aromatic rings. The van der Waals surface area contributed by atoms with E-state index in [4.69, 9.17) is 27.8 Å². The highest BCUT2D eigenvalue weighted by Crippen LogP contribution is 2.31. The molecule has 0 bridgehead atoms. The molecule has 4 unspecified atom stereocenters. The topological polar surface area (TPSA) is 174 Å². The maximum absolute atomic E-state index is 10.0. The van der Waals surface area contributed by atoms with E-state index < -0.39 is 31.1 Å². The van der Waals surface area contributed by atoms with Crippen LogP contribution in [0.1, 0.15) is 6.23 Å². The molecular weight excluding hydrogens is 302 g/mol. The molecule has 0 amide bonds. The number of aliphatic hydroxyl groups excluding tert-OH is 3. The number of nitrogens with one attached hydrogen (secondary N) is 1. The number of rotatable bonds is 2. The van der Waals surface area contributed by atoms with Gasteiger partial charge in [-0.25, -0.2) is 9.97 Å². The highest BCUT2D eigenvalue weighted by atomic mass is 32.1. The molecule has 0 radical (unpaired) electrons. The molecule has 0 saturated carbocycles. The predicted octanol–water partition coefficient (Wildman–Crippen LogP) is -2.14. The quantitative estimate of drug-likeness (QED) is 0.390. The van der Waals surface area contributed by atoms with Crippen molar-refractivity contribution in [1.82, 2.24) is 19.5 Å². The number of nitrogens with two attached hydrogens (primary N) is 1. The number of ether oxygens (including phenoxy) is 1. The number of aromatic nitrogens is 4. The second kappa shape index (κ2) is 5.63. The molecular formula is C10H15N5O5S. The number of nitrogens with zero attached hydrogens (tertiary/aromatic N) is 3. The van der Waals surface area contributed by atoms with E-state index in [-0.39, 0.29) is 16.1 Å². The summed E-state index contributed by atoms with van der Waals surface area (Å²) in [6.45, 7) is -0.402. The number of nitrogen functional groups attached to an aromatic ring is 1. The summed E-state index contributed by atoms with van der Waals surface area (Å²) in [5.41, 5.74) is 6.44. The van der Waals surface area contributed by atoms with E-state index in [9.17, 15) is 10.2 Å². The van der Waals surface area contributed by atoms with E-state index in [1.54, 1.807) is 0 Å². The molecule has 11 heteroatoms. The van der Waals surface area contributed by atoms with Gasteiger partial charge >= 0.3 is 0 Å². The zero-order valence-corrected chi connectivity index (χ0v) is 11.5. The van der Waals surface area contributed by atoms with Crippen LogP contribution in [-0.4, -0.2) is 65.2 Å². The van der Waals surface area contributed by atoms with Crippen LogP contribution in [0.2, 0.25) is 0 Å². The minimum Gasteiger partial charge on any atom is -0.412 e. The average Bonchev–Trinajstić information content (AvgIpc) is 2.93. The molecule has 0 aromatic carbocycles. The van der Waals surface area contributed by atoms with Gasteiger partial charge in [-0.05, 0) is 0 Å². The Morgan fingerprint density at radius 3 is 2.76 bits per heavy atom. The van der Waals surface area contributed by atoms with E-state index in [1.807, 2.05) is 0 Å². The maximum Gasteiger partial charge on any atom is 0.200 e. The molecule has 1 aliphatic heterocycles. The molecule has 8 N–H and O–H groups in total. The zero-order chi connectivity index (χ0) is 14.4. The molecule has 4 atom stereocenters. The van der Waals surface area contributed by atoms with Crippen molar-refractivity contribution in [3.8, 4) is 0 Å². The SMILES string of the molecule is Nc1nc(=S)c2ncn(C3OC(CO)C(O)C3O)c2[nH]1.O. The van der Waals surface area contributed by atoms with Crippen LogP contribution in [0, 0.1) is 4.64 Å². The fourth-order valence-corrected chi connectivity index (χ4v) is 2.50. The molecule has 0 aliphatic carbocycles. The van der Waals surface area contributed by atoms with Crippen LogP contribution in [-0.2, 0) is 4.74 Å². The molecule has 1 saturated heterocycles. The smallest absolute Gasteiger partial charge is 0.200 e. The first-order chi connectivity index (χ1) is 9.52. The Labute approximate surface area is 123 Å². The van der Waals surface area contributed by atoms with Crippen molar-refractivity contribution >= 4 is 29.3 Å². The van der Waals surface area contributed by atoms with Gasteiger partial charge in [-0.2, -0.15) is 0 Å². The van der Waals surface area contributed by atoms with Crippen molar-refractivity contribution in [2.45, 2.75) is 24.5 Å². The van der Waals surface area contributed by atoms with Crippen LogP contribution in [0.5, 0.6) is 0 Å². The van der Waals surface area contributed by atoms with Crippen LogP contribution in [0.15, 0.2) is 6.33 Å². The van der Waals surface area contributed by atoms with Crippen LogP contribution in [0.4, 0.5) is 5.95 Å². The highest BCUT2D eigenvalue weighted by Gasteiger charge is 2.43. The average molecular weight is 317 g/mol. The largest absolute Gasteiger partial charge is 0.412 e. The van der Waals surface area contributed by atoms with E-state index in [0.29, 0.717) is 11.2 Å². The number of aliphatic hydroxyl groups is 3. The number of hydrogen-bond donors (Lipinski definition) is 5. The Hall–Kier alpha value is -1.63. The molecule has 1 fully saturated rings. The number of H-pyrrole nitrogens is 1. The molecule has 3 rings (SSSR count). The van der Waals surface area contributed by atoms with Gasteiger partial charge in [0.25, 0.3) is 0 Å². The lowest BCUT2D eigenvalue weighted by Gasteiger charge is -2.16. The Morgan fingerprint density at radius 2 is 2.14 bits per heavy atom. The number of anilines is 1. The predicted molar refractivity (Wildman–Crippen MR) is 73.7 cm³/mol. The third kappa shape index (κ3) is 2.39. The molecule has 2 aromatic heterocycles. The van der Waals surface area contributed by atoms with Crippen molar-refractivity contribution in [1.29, 1.82) is 0 Å². The van der Waals surface area contributed by atoms with E-state index >= 15 is 0 Å². The fourth-order valence-electron chi connectivity index (χ4n) is 2.26. The Morgan fingerprint density at radius 1 is 1.43 bits per heavy atom. The van der Waals surface area contributed by atoms with Gasteiger partial charge in [0, 0.05) is 0 Å². The lowest BCUT2D eigenvalue weighted by Crippen LogP contribution is -2.33. The van der Waals surface area contributed by atoms with Gasteiger partial charge in [0.15, 0.2) is 16.8 Å².